The first-order valence-electron chi connectivity index (χ1n) is 3.11. The Bertz CT molecular complexity index is 355. The summed E-state index contributed by atoms with van der Waals surface area (Å²) in [5, 5.41) is 0. The lowest BCUT2D eigenvalue weighted by molar-refractivity contribution is 1.07. The van der Waals surface area contributed by atoms with Crippen LogP contribution in [0.4, 0.5) is 0 Å². The van der Waals surface area contributed by atoms with Gasteiger partial charge in [-0.25, -0.2) is 4.98 Å². The zero-order valence-corrected chi connectivity index (χ0v) is 7.15. The molecule has 4 heteroatoms. The van der Waals surface area contributed by atoms with E-state index in [1.54, 1.807) is 12.4 Å². The first kappa shape index (κ1) is 8.07. The summed E-state index contributed by atoms with van der Waals surface area (Å²) in [7, 11) is 0. The van der Waals surface area contributed by atoms with Crippen LogP contribution < -0.4 is 0 Å². The summed E-state index contributed by atoms with van der Waals surface area (Å²) in [5.74, 6) is 0. The van der Waals surface area contributed by atoms with Gasteiger partial charge in [-0.05, 0) is 6.92 Å². The highest BCUT2D eigenvalue weighted by Gasteiger charge is 1.91. The Morgan fingerprint density at radius 2 is 2.18 bits per heavy atom. The van der Waals surface area contributed by atoms with Gasteiger partial charge in [0.05, 0.1) is 11.9 Å². The number of aryl methyl sites for hydroxylation is 1. The highest BCUT2D eigenvalue weighted by atomic mass is 32.1. The zero-order valence-electron chi connectivity index (χ0n) is 6.15. The fourth-order valence-corrected chi connectivity index (χ4v) is 0.928. The van der Waals surface area contributed by atoms with Gasteiger partial charge < -0.3 is 4.40 Å². The van der Waals surface area contributed by atoms with Crippen molar-refractivity contribution in [2.75, 3.05) is 0 Å². The van der Waals surface area contributed by atoms with Crippen LogP contribution in [0.5, 0.6) is 0 Å². The van der Waals surface area contributed by atoms with Crippen molar-refractivity contribution in [3.05, 3.63) is 30.5 Å². The molecule has 0 N–H and O–H groups in total. The molecule has 0 radical (unpaired) electrons. The topological polar surface area (TPSA) is 30.2 Å². The normalized spacial score (nSPS) is 9.55. The molecule has 0 saturated carbocycles. The number of nitrogens with zero attached hydrogens (tertiary/aromatic N) is 3. The quantitative estimate of drug-likeness (QED) is 0.589. The summed E-state index contributed by atoms with van der Waals surface area (Å²) in [6.07, 6.45) is 7.37. The van der Waals surface area contributed by atoms with Gasteiger partial charge in [0, 0.05) is 18.6 Å². The van der Waals surface area contributed by atoms with E-state index in [1.165, 1.54) is 0 Å². The van der Waals surface area contributed by atoms with E-state index in [4.69, 9.17) is 0 Å². The lowest BCUT2D eigenvalue weighted by Crippen LogP contribution is -1.87. The van der Waals surface area contributed by atoms with Crippen molar-refractivity contribution in [2.24, 2.45) is 0 Å². The van der Waals surface area contributed by atoms with E-state index in [9.17, 15) is 0 Å². The van der Waals surface area contributed by atoms with Crippen LogP contribution in [0.2, 0.25) is 0 Å². The van der Waals surface area contributed by atoms with Crippen molar-refractivity contribution in [2.45, 2.75) is 6.92 Å². The minimum absolute atomic E-state index is 0. The second-order valence-electron chi connectivity index (χ2n) is 2.22. The highest BCUT2D eigenvalue weighted by molar-refractivity contribution is 7.59. The van der Waals surface area contributed by atoms with E-state index in [2.05, 4.69) is 9.97 Å². The van der Waals surface area contributed by atoms with Gasteiger partial charge in [-0.1, -0.05) is 0 Å². The van der Waals surface area contributed by atoms with E-state index in [0.717, 1.165) is 11.3 Å². The Kier molecular flexibility index (Phi) is 2.14. The maximum atomic E-state index is 4.10. The number of fused-ring (bicyclic) bond motifs is 1. The van der Waals surface area contributed by atoms with Crippen molar-refractivity contribution < 1.29 is 0 Å². The molecule has 2 aromatic rings. The fourth-order valence-electron chi connectivity index (χ4n) is 0.928. The van der Waals surface area contributed by atoms with E-state index in [1.807, 2.05) is 23.7 Å². The van der Waals surface area contributed by atoms with Crippen LogP contribution >= 0.6 is 13.5 Å². The predicted octanol–water partition coefficient (Wildman–Crippen LogP) is 1.15. The first-order valence-corrected chi connectivity index (χ1v) is 3.11. The largest absolute Gasteiger partial charge is 0.304 e. The van der Waals surface area contributed by atoms with Gasteiger partial charge >= 0.3 is 0 Å². The third kappa shape index (κ3) is 1.35. The second kappa shape index (κ2) is 2.92. The Hall–Kier alpha value is -1.03. The molecule has 2 aromatic heterocycles. The number of hydrogen-bond acceptors (Lipinski definition) is 2. The van der Waals surface area contributed by atoms with E-state index in [0.29, 0.717) is 0 Å². The Labute approximate surface area is 71.5 Å². The van der Waals surface area contributed by atoms with Crippen LogP contribution in [-0.2, 0) is 0 Å². The monoisotopic (exact) mass is 167 g/mol. The molecule has 2 rings (SSSR count). The Morgan fingerprint density at radius 1 is 1.36 bits per heavy atom. The summed E-state index contributed by atoms with van der Waals surface area (Å²) in [6.45, 7) is 1.96. The van der Waals surface area contributed by atoms with Gasteiger partial charge in [0.1, 0.15) is 0 Å². The van der Waals surface area contributed by atoms with Crippen molar-refractivity contribution in [1.29, 1.82) is 0 Å². The number of imidazole rings is 1. The standard InChI is InChI=1S/C7H7N3.H2S/c1-6-5-10-3-2-8-7(10)4-9-6;/h2-5H,1H3;1H2. The van der Waals surface area contributed by atoms with Crippen LogP contribution in [0.25, 0.3) is 5.65 Å². The lowest BCUT2D eigenvalue weighted by atomic mass is 10.5. The average Bonchev–Trinajstić information content (AvgIpc) is 2.33. The number of aromatic nitrogens is 3. The minimum Gasteiger partial charge on any atom is -0.304 e. The van der Waals surface area contributed by atoms with Crippen LogP contribution in [-0.4, -0.2) is 14.4 Å². The zero-order chi connectivity index (χ0) is 6.97. The number of rotatable bonds is 0. The van der Waals surface area contributed by atoms with Crippen LogP contribution in [0.1, 0.15) is 5.69 Å². The Morgan fingerprint density at radius 3 is 3.00 bits per heavy atom. The molecular formula is C7H9N3S. The Balaban J connectivity index is 0.000000605. The molecule has 0 spiro atoms. The predicted molar refractivity (Wildman–Crippen MR) is 48.1 cm³/mol. The van der Waals surface area contributed by atoms with Gasteiger partial charge in [0.15, 0.2) is 5.65 Å². The fraction of sp³-hybridized carbons (Fsp3) is 0.143. The molecule has 0 atom stereocenters. The summed E-state index contributed by atoms with van der Waals surface area (Å²) >= 11 is 0. The molecule has 0 aliphatic rings. The van der Waals surface area contributed by atoms with Crippen molar-refractivity contribution in [3.8, 4) is 0 Å². The SMILES string of the molecule is Cc1cn2ccnc2cn1.S. The van der Waals surface area contributed by atoms with Crippen molar-refractivity contribution in [3.63, 3.8) is 0 Å². The van der Waals surface area contributed by atoms with Gasteiger partial charge in [-0.2, -0.15) is 13.5 Å². The van der Waals surface area contributed by atoms with Crippen molar-refractivity contribution >= 4 is 19.1 Å². The summed E-state index contributed by atoms with van der Waals surface area (Å²) in [5.41, 5.74) is 1.90. The molecule has 3 nitrogen and oxygen atoms in total. The molecule has 0 aliphatic heterocycles. The molecule has 0 amide bonds. The lowest BCUT2D eigenvalue weighted by Gasteiger charge is -1.92. The van der Waals surface area contributed by atoms with E-state index >= 15 is 0 Å². The third-order valence-electron chi connectivity index (χ3n) is 1.41. The molecular weight excluding hydrogens is 158 g/mol. The molecule has 0 unspecified atom stereocenters. The van der Waals surface area contributed by atoms with Crippen molar-refractivity contribution in [1.82, 2.24) is 14.4 Å². The number of hydrogen-bond donors (Lipinski definition) is 0. The summed E-state index contributed by atoms with van der Waals surface area (Å²) in [4.78, 5) is 8.16. The third-order valence-corrected chi connectivity index (χ3v) is 1.41. The first-order chi connectivity index (χ1) is 4.86. The molecule has 0 saturated heterocycles. The molecule has 0 aliphatic carbocycles. The maximum Gasteiger partial charge on any atom is 0.155 e. The molecule has 0 aromatic carbocycles. The second-order valence-corrected chi connectivity index (χ2v) is 2.22. The van der Waals surface area contributed by atoms with Crippen LogP contribution in [0.3, 0.4) is 0 Å². The molecule has 2 heterocycles. The van der Waals surface area contributed by atoms with E-state index < -0.39 is 0 Å². The van der Waals surface area contributed by atoms with E-state index in [-0.39, 0.29) is 13.5 Å². The smallest absolute Gasteiger partial charge is 0.155 e. The molecule has 0 bridgehead atoms. The molecule has 58 valence electrons. The van der Waals surface area contributed by atoms with Gasteiger partial charge in [-0.3, -0.25) is 4.98 Å². The summed E-state index contributed by atoms with van der Waals surface area (Å²) < 4.78 is 1.95. The average molecular weight is 167 g/mol. The molecule has 11 heavy (non-hydrogen) atoms. The van der Waals surface area contributed by atoms with Gasteiger partial charge in [0.2, 0.25) is 0 Å². The molecule has 0 fully saturated rings. The van der Waals surface area contributed by atoms with Crippen LogP contribution in [0.15, 0.2) is 24.8 Å². The van der Waals surface area contributed by atoms with Gasteiger partial charge in [0.25, 0.3) is 0 Å². The summed E-state index contributed by atoms with van der Waals surface area (Å²) in [6, 6.07) is 0. The van der Waals surface area contributed by atoms with Gasteiger partial charge in [-0.15, -0.1) is 0 Å². The highest BCUT2D eigenvalue weighted by Crippen LogP contribution is 1.98. The minimum atomic E-state index is 0. The van der Waals surface area contributed by atoms with Crippen LogP contribution in [0, 0.1) is 6.92 Å². The maximum absolute atomic E-state index is 4.10.